The Hall–Kier alpha value is -0.120. The number of nitrogens with zero attached hydrogens (tertiary/aromatic N) is 1. The van der Waals surface area contributed by atoms with Gasteiger partial charge >= 0.3 is 0 Å². The summed E-state index contributed by atoms with van der Waals surface area (Å²) in [4.78, 5) is 2.64. The fourth-order valence-corrected chi connectivity index (χ4v) is 3.45. The second-order valence-corrected chi connectivity index (χ2v) is 5.34. The molecule has 2 saturated heterocycles. The van der Waals surface area contributed by atoms with Crippen LogP contribution in [-0.2, 0) is 9.47 Å². The highest BCUT2D eigenvalue weighted by atomic mass is 16.5. The largest absolute Gasteiger partial charge is 0.379 e. The predicted octanol–water partition coefficient (Wildman–Crippen LogP) is 2.05. The third-order valence-corrected chi connectivity index (χ3v) is 4.14. The molecule has 2 aliphatic rings. The Morgan fingerprint density at radius 2 is 1.69 bits per heavy atom. The Morgan fingerprint density at radius 1 is 1.12 bits per heavy atom. The minimum Gasteiger partial charge on any atom is -0.379 e. The molecule has 0 amide bonds. The fraction of sp³-hybridized carbons (Fsp3) is 1.00. The third kappa shape index (κ3) is 2.41. The SMILES string of the molecule is CCC1(N2CCOCC2)CC(C)OC(C)C1. The highest BCUT2D eigenvalue weighted by Crippen LogP contribution is 2.37. The van der Waals surface area contributed by atoms with Crippen LogP contribution in [0.3, 0.4) is 0 Å². The van der Waals surface area contributed by atoms with Crippen LogP contribution in [0.25, 0.3) is 0 Å². The molecule has 0 saturated carbocycles. The van der Waals surface area contributed by atoms with Crippen molar-refractivity contribution < 1.29 is 9.47 Å². The van der Waals surface area contributed by atoms with E-state index >= 15 is 0 Å². The second kappa shape index (κ2) is 5.03. The number of morpholine rings is 1. The van der Waals surface area contributed by atoms with Crippen molar-refractivity contribution in [2.24, 2.45) is 0 Å². The van der Waals surface area contributed by atoms with E-state index < -0.39 is 0 Å². The second-order valence-electron chi connectivity index (χ2n) is 5.34. The molecule has 3 heteroatoms. The molecule has 16 heavy (non-hydrogen) atoms. The summed E-state index contributed by atoms with van der Waals surface area (Å²) < 4.78 is 11.3. The number of hydrogen-bond donors (Lipinski definition) is 0. The first kappa shape index (κ1) is 12.3. The predicted molar refractivity (Wildman–Crippen MR) is 64.7 cm³/mol. The molecule has 0 N–H and O–H groups in total. The molecule has 0 aromatic rings. The normalized spacial score (nSPS) is 42.2. The summed E-state index contributed by atoms with van der Waals surface area (Å²) in [7, 11) is 0. The van der Waals surface area contributed by atoms with Gasteiger partial charge in [-0.3, -0.25) is 4.90 Å². The van der Waals surface area contributed by atoms with Crippen LogP contribution >= 0.6 is 0 Å². The van der Waals surface area contributed by atoms with Crippen LogP contribution in [-0.4, -0.2) is 49.0 Å². The van der Waals surface area contributed by atoms with Crippen molar-refractivity contribution in [1.82, 2.24) is 4.90 Å². The van der Waals surface area contributed by atoms with Crippen molar-refractivity contribution in [3.8, 4) is 0 Å². The Bertz CT molecular complexity index is 216. The highest BCUT2D eigenvalue weighted by molar-refractivity contribution is 4.96. The van der Waals surface area contributed by atoms with E-state index in [1.807, 2.05) is 0 Å². The molecule has 0 aromatic carbocycles. The fourth-order valence-electron chi connectivity index (χ4n) is 3.45. The lowest BCUT2D eigenvalue weighted by Gasteiger charge is -2.51. The summed E-state index contributed by atoms with van der Waals surface area (Å²) in [6.07, 6.45) is 4.37. The molecular weight excluding hydrogens is 202 g/mol. The van der Waals surface area contributed by atoms with Crippen LogP contribution in [0, 0.1) is 0 Å². The summed E-state index contributed by atoms with van der Waals surface area (Å²) in [5, 5.41) is 0. The molecule has 0 aromatic heterocycles. The van der Waals surface area contributed by atoms with Gasteiger partial charge in [0.1, 0.15) is 0 Å². The zero-order valence-corrected chi connectivity index (χ0v) is 10.9. The van der Waals surface area contributed by atoms with E-state index in [1.54, 1.807) is 0 Å². The van der Waals surface area contributed by atoms with Crippen LogP contribution in [0.15, 0.2) is 0 Å². The van der Waals surface area contributed by atoms with Gasteiger partial charge in [-0.1, -0.05) is 6.92 Å². The van der Waals surface area contributed by atoms with Crippen molar-refractivity contribution in [3.63, 3.8) is 0 Å². The highest BCUT2D eigenvalue weighted by Gasteiger charge is 2.42. The summed E-state index contributed by atoms with van der Waals surface area (Å²) in [5.74, 6) is 0. The van der Waals surface area contributed by atoms with E-state index in [1.165, 1.54) is 19.3 Å². The molecule has 94 valence electrons. The average Bonchev–Trinajstić information content (AvgIpc) is 2.29. The zero-order chi connectivity index (χ0) is 11.6. The number of ether oxygens (including phenoxy) is 2. The lowest BCUT2D eigenvalue weighted by atomic mass is 9.80. The first-order chi connectivity index (χ1) is 7.66. The van der Waals surface area contributed by atoms with E-state index in [0.29, 0.717) is 17.7 Å². The smallest absolute Gasteiger partial charge is 0.0594 e. The van der Waals surface area contributed by atoms with E-state index in [2.05, 4.69) is 25.7 Å². The van der Waals surface area contributed by atoms with Gasteiger partial charge in [0, 0.05) is 18.6 Å². The van der Waals surface area contributed by atoms with Crippen LogP contribution in [0.1, 0.15) is 40.0 Å². The standard InChI is InChI=1S/C13H25NO2/c1-4-13(14-5-7-15-8-6-14)9-11(2)16-12(3)10-13/h11-12H,4-10H2,1-3H3. The number of rotatable bonds is 2. The lowest BCUT2D eigenvalue weighted by Crippen LogP contribution is -2.58. The first-order valence-corrected chi connectivity index (χ1v) is 6.64. The minimum atomic E-state index is 0.362. The summed E-state index contributed by atoms with van der Waals surface area (Å²) >= 11 is 0. The van der Waals surface area contributed by atoms with Crippen LogP contribution in [0.4, 0.5) is 0 Å². The van der Waals surface area contributed by atoms with E-state index in [-0.39, 0.29) is 0 Å². The molecule has 0 radical (unpaired) electrons. The molecule has 2 heterocycles. The van der Waals surface area contributed by atoms with Crippen LogP contribution < -0.4 is 0 Å². The molecule has 2 rings (SSSR count). The van der Waals surface area contributed by atoms with Crippen molar-refractivity contribution in [2.75, 3.05) is 26.3 Å². The molecule has 0 spiro atoms. The maximum Gasteiger partial charge on any atom is 0.0594 e. The lowest BCUT2D eigenvalue weighted by molar-refractivity contribution is -0.125. The minimum absolute atomic E-state index is 0.362. The van der Waals surface area contributed by atoms with Gasteiger partial charge in [-0.15, -0.1) is 0 Å². The van der Waals surface area contributed by atoms with Crippen molar-refractivity contribution in [1.29, 1.82) is 0 Å². The molecule has 2 fully saturated rings. The molecule has 2 atom stereocenters. The maximum atomic E-state index is 5.88. The molecule has 2 aliphatic heterocycles. The topological polar surface area (TPSA) is 21.7 Å². The quantitative estimate of drug-likeness (QED) is 0.720. The van der Waals surface area contributed by atoms with Crippen molar-refractivity contribution >= 4 is 0 Å². The first-order valence-electron chi connectivity index (χ1n) is 6.64. The van der Waals surface area contributed by atoms with Crippen LogP contribution in [0.5, 0.6) is 0 Å². The van der Waals surface area contributed by atoms with Gasteiger partial charge in [0.25, 0.3) is 0 Å². The Balaban J connectivity index is 2.09. The maximum absolute atomic E-state index is 5.88. The summed E-state index contributed by atoms with van der Waals surface area (Å²) in [6, 6.07) is 0. The summed E-state index contributed by atoms with van der Waals surface area (Å²) in [6.45, 7) is 10.7. The molecule has 3 nitrogen and oxygen atoms in total. The van der Waals surface area contributed by atoms with Gasteiger partial charge in [0.2, 0.25) is 0 Å². The van der Waals surface area contributed by atoms with Gasteiger partial charge in [-0.25, -0.2) is 0 Å². The van der Waals surface area contributed by atoms with E-state index in [0.717, 1.165) is 26.3 Å². The summed E-state index contributed by atoms with van der Waals surface area (Å²) in [5.41, 5.74) is 0.362. The van der Waals surface area contributed by atoms with E-state index in [9.17, 15) is 0 Å². The van der Waals surface area contributed by atoms with Crippen molar-refractivity contribution in [2.45, 2.75) is 57.8 Å². The van der Waals surface area contributed by atoms with Gasteiger partial charge in [0.15, 0.2) is 0 Å². The monoisotopic (exact) mass is 227 g/mol. The molecular formula is C13H25NO2. The van der Waals surface area contributed by atoms with Gasteiger partial charge in [-0.05, 0) is 33.1 Å². The van der Waals surface area contributed by atoms with Crippen molar-refractivity contribution in [3.05, 3.63) is 0 Å². The zero-order valence-electron chi connectivity index (χ0n) is 10.9. The third-order valence-electron chi connectivity index (χ3n) is 4.14. The molecule has 0 bridgehead atoms. The van der Waals surface area contributed by atoms with Gasteiger partial charge < -0.3 is 9.47 Å². The van der Waals surface area contributed by atoms with Gasteiger partial charge in [0.05, 0.1) is 25.4 Å². The molecule has 0 aliphatic carbocycles. The Morgan fingerprint density at radius 3 is 2.19 bits per heavy atom. The van der Waals surface area contributed by atoms with Crippen LogP contribution in [0.2, 0.25) is 0 Å². The Labute approximate surface area is 99.1 Å². The average molecular weight is 227 g/mol. The van der Waals surface area contributed by atoms with Gasteiger partial charge in [-0.2, -0.15) is 0 Å². The number of hydrogen-bond acceptors (Lipinski definition) is 3. The Kier molecular flexibility index (Phi) is 3.88. The van der Waals surface area contributed by atoms with E-state index in [4.69, 9.17) is 9.47 Å². The molecule has 2 unspecified atom stereocenters.